The summed E-state index contributed by atoms with van der Waals surface area (Å²) in [5.41, 5.74) is 1.73. The molecule has 0 aliphatic rings. The van der Waals surface area contributed by atoms with Crippen LogP contribution in [0.15, 0.2) is 42.5 Å². The van der Waals surface area contributed by atoms with Crippen molar-refractivity contribution >= 4 is 23.0 Å². The largest absolute Gasteiger partial charge is 0.462 e. The van der Waals surface area contributed by atoms with Crippen molar-refractivity contribution in [1.29, 1.82) is 0 Å². The van der Waals surface area contributed by atoms with Crippen LogP contribution in [0.3, 0.4) is 0 Å². The van der Waals surface area contributed by atoms with Gasteiger partial charge in [0.1, 0.15) is 0 Å². The molecular formula is C18H16F3N3O2. The van der Waals surface area contributed by atoms with Gasteiger partial charge in [-0.05, 0) is 42.8 Å². The highest BCUT2D eigenvalue weighted by molar-refractivity contribution is 5.94. The molecule has 3 rings (SSSR count). The van der Waals surface area contributed by atoms with E-state index in [2.05, 4.69) is 15.3 Å². The Hall–Kier alpha value is -3.03. The van der Waals surface area contributed by atoms with Crippen LogP contribution in [0.4, 0.5) is 19.1 Å². The molecule has 0 saturated heterocycles. The maximum absolute atomic E-state index is 12.6. The number of nitrogens with zero attached hydrogens (tertiary/aromatic N) is 1. The predicted molar refractivity (Wildman–Crippen MR) is 90.8 cm³/mol. The summed E-state index contributed by atoms with van der Waals surface area (Å²) in [6.07, 6.45) is -4.35. The molecule has 8 heteroatoms. The van der Waals surface area contributed by atoms with Gasteiger partial charge in [0.25, 0.3) is 0 Å². The number of hydrogen-bond acceptors (Lipinski definition) is 4. The summed E-state index contributed by atoms with van der Waals surface area (Å²) in [5, 5.41) is 3.02. The third kappa shape index (κ3) is 3.96. The maximum Gasteiger partial charge on any atom is 0.416 e. The fourth-order valence-corrected chi connectivity index (χ4v) is 2.43. The van der Waals surface area contributed by atoms with Crippen LogP contribution in [0.5, 0.6) is 0 Å². The van der Waals surface area contributed by atoms with Crippen LogP contribution < -0.4 is 5.32 Å². The number of H-pyrrole nitrogens is 1. The van der Waals surface area contributed by atoms with Crippen molar-refractivity contribution in [3.8, 4) is 0 Å². The molecule has 3 aromatic rings. The van der Waals surface area contributed by atoms with Crippen molar-refractivity contribution < 1.29 is 22.7 Å². The molecule has 0 fully saturated rings. The average Bonchev–Trinajstić information content (AvgIpc) is 3.02. The molecule has 0 bridgehead atoms. The number of aromatic amines is 1. The summed E-state index contributed by atoms with van der Waals surface area (Å²) in [5.74, 6) is 0.0455. The Bertz CT molecular complexity index is 918. The first-order chi connectivity index (χ1) is 12.4. The number of imidazole rings is 1. The van der Waals surface area contributed by atoms with E-state index in [1.54, 1.807) is 25.1 Å². The molecule has 2 aromatic carbocycles. The summed E-state index contributed by atoms with van der Waals surface area (Å²) in [4.78, 5) is 19.1. The van der Waals surface area contributed by atoms with Crippen LogP contribution in [0.25, 0.3) is 11.0 Å². The number of ether oxygens (including phenoxy) is 1. The van der Waals surface area contributed by atoms with E-state index in [-0.39, 0.29) is 0 Å². The first-order valence-corrected chi connectivity index (χ1v) is 7.93. The molecule has 0 saturated carbocycles. The van der Waals surface area contributed by atoms with Crippen LogP contribution in [0.1, 0.15) is 28.4 Å². The molecule has 136 valence electrons. The monoisotopic (exact) mass is 363 g/mol. The summed E-state index contributed by atoms with van der Waals surface area (Å²) in [7, 11) is 0. The Morgan fingerprint density at radius 3 is 2.58 bits per heavy atom. The van der Waals surface area contributed by atoms with E-state index in [1.807, 2.05) is 0 Å². The molecule has 0 radical (unpaired) electrons. The number of alkyl halides is 3. The second-order valence-corrected chi connectivity index (χ2v) is 5.59. The average molecular weight is 363 g/mol. The zero-order chi connectivity index (χ0) is 18.7. The number of halogens is 3. The number of aromatic nitrogens is 2. The van der Waals surface area contributed by atoms with Crippen molar-refractivity contribution in [3.05, 3.63) is 59.2 Å². The van der Waals surface area contributed by atoms with Crippen molar-refractivity contribution in [1.82, 2.24) is 9.97 Å². The van der Waals surface area contributed by atoms with Gasteiger partial charge in [-0.25, -0.2) is 9.78 Å². The smallest absolute Gasteiger partial charge is 0.416 e. The molecule has 26 heavy (non-hydrogen) atoms. The van der Waals surface area contributed by atoms with E-state index in [1.165, 1.54) is 12.1 Å². The second-order valence-electron chi connectivity index (χ2n) is 5.59. The predicted octanol–water partition coefficient (Wildman–Crippen LogP) is 4.37. The van der Waals surface area contributed by atoms with Crippen LogP contribution in [0.2, 0.25) is 0 Å². The molecule has 0 unspecified atom stereocenters. The number of hydrogen-bond donors (Lipinski definition) is 2. The quantitative estimate of drug-likeness (QED) is 0.661. The van der Waals surface area contributed by atoms with Gasteiger partial charge in [-0.15, -0.1) is 0 Å². The van der Waals surface area contributed by atoms with Crippen LogP contribution in [-0.2, 0) is 17.5 Å². The molecule has 2 N–H and O–H groups in total. The normalized spacial score (nSPS) is 11.5. The number of carbonyl (C=O) groups excluding carboxylic acids is 1. The van der Waals surface area contributed by atoms with Crippen LogP contribution >= 0.6 is 0 Å². The number of rotatable bonds is 5. The number of esters is 1. The molecule has 0 atom stereocenters. The lowest BCUT2D eigenvalue weighted by atomic mass is 10.1. The number of fused-ring (bicyclic) bond motifs is 1. The van der Waals surface area contributed by atoms with Crippen LogP contribution in [-0.4, -0.2) is 22.5 Å². The molecule has 0 amide bonds. The zero-order valence-electron chi connectivity index (χ0n) is 13.9. The molecule has 0 aliphatic heterocycles. The van der Waals surface area contributed by atoms with E-state index < -0.39 is 17.7 Å². The highest BCUT2D eigenvalue weighted by atomic mass is 19.4. The third-order valence-corrected chi connectivity index (χ3v) is 3.73. The second kappa shape index (κ2) is 7.07. The molecule has 1 heterocycles. The lowest BCUT2D eigenvalue weighted by molar-refractivity contribution is -0.137. The van der Waals surface area contributed by atoms with Gasteiger partial charge in [0, 0.05) is 6.54 Å². The van der Waals surface area contributed by atoms with Gasteiger partial charge in [-0.1, -0.05) is 12.1 Å². The topological polar surface area (TPSA) is 67.0 Å². The first-order valence-electron chi connectivity index (χ1n) is 7.93. The van der Waals surface area contributed by atoms with E-state index in [9.17, 15) is 18.0 Å². The van der Waals surface area contributed by atoms with E-state index in [4.69, 9.17) is 4.74 Å². The van der Waals surface area contributed by atoms with Crippen molar-refractivity contribution in [3.63, 3.8) is 0 Å². The Kier molecular flexibility index (Phi) is 4.83. The Labute approximate surface area is 147 Å². The summed E-state index contributed by atoms with van der Waals surface area (Å²) in [6, 6.07) is 9.88. The molecule has 5 nitrogen and oxygen atoms in total. The highest BCUT2D eigenvalue weighted by Crippen LogP contribution is 2.29. The third-order valence-electron chi connectivity index (χ3n) is 3.73. The van der Waals surface area contributed by atoms with Gasteiger partial charge in [0.2, 0.25) is 5.95 Å². The Morgan fingerprint density at radius 1 is 1.19 bits per heavy atom. The molecule has 1 aromatic heterocycles. The molecular weight excluding hydrogens is 347 g/mol. The summed E-state index contributed by atoms with van der Waals surface area (Å²) < 4.78 is 42.6. The fraction of sp³-hybridized carbons (Fsp3) is 0.222. The van der Waals surface area contributed by atoms with Gasteiger partial charge < -0.3 is 15.0 Å². The Balaban J connectivity index is 1.70. The van der Waals surface area contributed by atoms with E-state index in [0.717, 1.165) is 12.1 Å². The SMILES string of the molecule is CCOC(=O)c1ccc2nc(NCc3ccc(C(F)(F)F)cc3)[nH]c2c1. The van der Waals surface area contributed by atoms with Gasteiger partial charge >= 0.3 is 12.1 Å². The number of anilines is 1. The first kappa shape index (κ1) is 17.8. The highest BCUT2D eigenvalue weighted by Gasteiger charge is 2.29. The summed E-state index contributed by atoms with van der Waals surface area (Å²) in [6.45, 7) is 2.33. The number of nitrogens with one attached hydrogen (secondary N) is 2. The number of carbonyl (C=O) groups is 1. The lowest BCUT2D eigenvalue weighted by Gasteiger charge is -2.08. The van der Waals surface area contributed by atoms with Gasteiger partial charge in [-0.2, -0.15) is 13.2 Å². The Morgan fingerprint density at radius 2 is 1.92 bits per heavy atom. The maximum atomic E-state index is 12.6. The molecule has 0 spiro atoms. The standard InChI is InChI=1S/C18H16F3N3O2/c1-2-26-16(25)12-5-8-14-15(9-12)24-17(23-14)22-10-11-3-6-13(7-4-11)18(19,20)21/h3-9H,2,10H2,1H3,(H2,22,23,24). The zero-order valence-corrected chi connectivity index (χ0v) is 13.9. The minimum Gasteiger partial charge on any atom is -0.462 e. The van der Waals surface area contributed by atoms with Gasteiger partial charge in [0.05, 0.1) is 28.8 Å². The molecule has 0 aliphatic carbocycles. The van der Waals surface area contributed by atoms with Gasteiger partial charge in [0.15, 0.2) is 0 Å². The minimum atomic E-state index is -4.35. The van der Waals surface area contributed by atoms with Crippen molar-refractivity contribution in [2.75, 3.05) is 11.9 Å². The lowest BCUT2D eigenvalue weighted by Crippen LogP contribution is -2.06. The number of benzene rings is 2. The summed E-state index contributed by atoms with van der Waals surface area (Å²) >= 11 is 0. The van der Waals surface area contributed by atoms with Crippen molar-refractivity contribution in [2.45, 2.75) is 19.6 Å². The van der Waals surface area contributed by atoms with Gasteiger partial charge in [-0.3, -0.25) is 0 Å². The van der Waals surface area contributed by atoms with E-state index >= 15 is 0 Å². The van der Waals surface area contributed by atoms with E-state index in [0.29, 0.717) is 41.3 Å². The fourth-order valence-electron chi connectivity index (χ4n) is 2.43. The van der Waals surface area contributed by atoms with Crippen LogP contribution in [0, 0.1) is 0 Å². The van der Waals surface area contributed by atoms with Crippen molar-refractivity contribution in [2.24, 2.45) is 0 Å². The minimum absolute atomic E-state index is 0.291.